The van der Waals surface area contributed by atoms with Gasteiger partial charge in [0.2, 0.25) is 0 Å². The number of aryl methyl sites for hydroxylation is 1. The van der Waals surface area contributed by atoms with E-state index < -0.39 is 0 Å². The average Bonchev–Trinajstić information content (AvgIpc) is 2.36. The molecule has 0 saturated heterocycles. The molecule has 0 unspecified atom stereocenters. The Hall–Kier alpha value is -1.16. The molecular weight excluding hydrogens is 154 g/mol. The maximum atomic E-state index is 11.1. The molecule has 1 N–H and O–H groups in total. The molecule has 0 spiro atoms. The van der Waals surface area contributed by atoms with Gasteiger partial charge in [0.05, 0.1) is 12.7 Å². The van der Waals surface area contributed by atoms with Gasteiger partial charge < -0.3 is 5.32 Å². The van der Waals surface area contributed by atoms with Crippen molar-refractivity contribution in [1.82, 2.24) is 15.1 Å². The van der Waals surface area contributed by atoms with Crippen molar-refractivity contribution in [2.24, 2.45) is 7.05 Å². The summed E-state index contributed by atoms with van der Waals surface area (Å²) in [5.41, 5.74) is 0.970. The van der Waals surface area contributed by atoms with Crippen molar-refractivity contribution >= 4 is 5.78 Å². The number of rotatable bonds is 4. The molecule has 0 fully saturated rings. The van der Waals surface area contributed by atoms with Gasteiger partial charge in [-0.05, 0) is 12.6 Å². The Morgan fingerprint density at radius 1 is 1.75 bits per heavy atom. The first kappa shape index (κ1) is 8.93. The normalized spacial score (nSPS) is 10.2. The van der Waals surface area contributed by atoms with E-state index in [0.29, 0.717) is 13.0 Å². The molecule has 0 aliphatic rings. The predicted octanol–water partition coefficient (Wildman–Crippen LogP) is -0.249. The second-order valence-electron chi connectivity index (χ2n) is 2.77. The third-order valence-electron chi connectivity index (χ3n) is 1.53. The zero-order chi connectivity index (χ0) is 8.97. The summed E-state index contributed by atoms with van der Waals surface area (Å²) < 4.78 is 1.70. The van der Waals surface area contributed by atoms with Crippen LogP contribution in [0.5, 0.6) is 0 Å². The molecule has 1 heterocycles. The number of carbonyl (C=O) groups is 1. The van der Waals surface area contributed by atoms with Crippen LogP contribution in [0, 0.1) is 0 Å². The van der Waals surface area contributed by atoms with Crippen LogP contribution in [-0.2, 0) is 18.3 Å². The lowest BCUT2D eigenvalue weighted by Crippen LogP contribution is -2.19. The quantitative estimate of drug-likeness (QED) is 0.672. The topological polar surface area (TPSA) is 46.9 Å². The lowest BCUT2D eigenvalue weighted by molar-refractivity contribution is -0.117. The predicted molar refractivity (Wildman–Crippen MR) is 45.8 cm³/mol. The van der Waals surface area contributed by atoms with Crippen molar-refractivity contribution in [3.05, 3.63) is 18.0 Å². The molecule has 0 radical (unpaired) electrons. The Labute approximate surface area is 71.6 Å². The maximum Gasteiger partial charge on any atom is 0.151 e. The van der Waals surface area contributed by atoms with Crippen LogP contribution in [0.3, 0.4) is 0 Å². The zero-order valence-corrected chi connectivity index (χ0v) is 7.37. The molecule has 0 amide bonds. The van der Waals surface area contributed by atoms with Gasteiger partial charge in [0.25, 0.3) is 0 Å². The van der Waals surface area contributed by atoms with Crippen molar-refractivity contribution in [2.75, 3.05) is 13.6 Å². The standard InChI is InChI=1S/C8H13N3O/c1-9-5-8(12)3-7-4-10-11(2)6-7/h4,6,9H,3,5H2,1-2H3. The average molecular weight is 167 g/mol. The molecular formula is C8H13N3O. The van der Waals surface area contributed by atoms with Crippen molar-refractivity contribution < 1.29 is 4.79 Å². The SMILES string of the molecule is CNCC(=O)Cc1cnn(C)c1. The third kappa shape index (κ3) is 2.47. The fraction of sp³-hybridized carbons (Fsp3) is 0.500. The van der Waals surface area contributed by atoms with Crippen LogP contribution >= 0.6 is 0 Å². The number of nitrogens with one attached hydrogen (secondary N) is 1. The number of Topliss-reactive ketones (excluding diaryl/α,β-unsaturated/α-hetero) is 1. The molecule has 4 heteroatoms. The minimum absolute atomic E-state index is 0.186. The monoisotopic (exact) mass is 167 g/mol. The third-order valence-corrected chi connectivity index (χ3v) is 1.53. The molecule has 1 aromatic rings. The molecule has 0 aliphatic carbocycles. The summed E-state index contributed by atoms with van der Waals surface area (Å²) in [4.78, 5) is 11.1. The summed E-state index contributed by atoms with van der Waals surface area (Å²) in [5, 5.41) is 6.79. The molecule has 0 bridgehead atoms. The smallest absolute Gasteiger partial charge is 0.151 e. The summed E-state index contributed by atoms with van der Waals surface area (Å²) in [7, 11) is 3.60. The summed E-state index contributed by atoms with van der Waals surface area (Å²) in [6, 6.07) is 0. The second kappa shape index (κ2) is 4.01. The Kier molecular flexibility index (Phi) is 2.99. The number of ketones is 1. The Bertz CT molecular complexity index is 267. The van der Waals surface area contributed by atoms with E-state index in [-0.39, 0.29) is 5.78 Å². The molecule has 4 nitrogen and oxygen atoms in total. The highest BCUT2D eigenvalue weighted by Gasteiger charge is 2.03. The molecule has 1 rings (SSSR count). The van der Waals surface area contributed by atoms with Crippen molar-refractivity contribution in [3.8, 4) is 0 Å². The van der Waals surface area contributed by atoms with Gasteiger partial charge in [0.15, 0.2) is 5.78 Å². The van der Waals surface area contributed by atoms with Crippen LogP contribution in [0.1, 0.15) is 5.56 Å². The van der Waals surface area contributed by atoms with E-state index in [1.165, 1.54) is 0 Å². The Morgan fingerprint density at radius 3 is 3.00 bits per heavy atom. The lowest BCUT2D eigenvalue weighted by Gasteiger charge is -1.95. The van der Waals surface area contributed by atoms with Gasteiger partial charge in [0.1, 0.15) is 0 Å². The van der Waals surface area contributed by atoms with Gasteiger partial charge in [-0.2, -0.15) is 5.10 Å². The van der Waals surface area contributed by atoms with E-state index in [2.05, 4.69) is 10.4 Å². The van der Waals surface area contributed by atoms with Crippen LogP contribution in [0.25, 0.3) is 0 Å². The lowest BCUT2D eigenvalue weighted by atomic mass is 10.2. The summed E-state index contributed by atoms with van der Waals surface area (Å²) >= 11 is 0. The van der Waals surface area contributed by atoms with Crippen LogP contribution < -0.4 is 5.32 Å². The fourth-order valence-electron chi connectivity index (χ4n) is 1.05. The fourth-order valence-corrected chi connectivity index (χ4v) is 1.05. The first-order chi connectivity index (χ1) is 5.72. The number of hydrogen-bond donors (Lipinski definition) is 1. The van der Waals surface area contributed by atoms with Crippen LogP contribution in [0.2, 0.25) is 0 Å². The molecule has 0 aromatic carbocycles. The summed E-state index contributed by atoms with van der Waals surface area (Å²) in [6.45, 7) is 0.425. The van der Waals surface area contributed by atoms with Gasteiger partial charge in [-0.1, -0.05) is 0 Å². The zero-order valence-electron chi connectivity index (χ0n) is 7.37. The highest BCUT2D eigenvalue weighted by Crippen LogP contribution is 1.97. The van der Waals surface area contributed by atoms with E-state index in [0.717, 1.165) is 5.56 Å². The molecule has 0 aliphatic heterocycles. The summed E-state index contributed by atoms with van der Waals surface area (Å²) in [5.74, 6) is 0.186. The van der Waals surface area contributed by atoms with Crippen molar-refractivity contribution in [1.29, 1.82) is 0 Å². The number of carbonyl (C=O) groups excluding carboxylic acids is 1. The molecule has 12 heavy (non-hydrogen) atoms. The second-order valence-corrected chi connectivity index (χ2v) is 2.77. The molecule has 0 saturated carbocycles. The molecule has 0 atom stereocenters. The van der Waals surface area contributed by atoms with Crippen LogP contribution in [-0.4, -0.2) is 29.2 Å². The van der Waals surface area contributed by atoms with Gasteiger partial charge >= 0.3 is 0 Å². The first-order valence-corrected chi connectivity index (χ1v) is 3.86. The van der Waals surface area contributed by atoms with Gasteiger partial charge in [-0.15, -0.1) is 0 Å². The van der Waals surface area contributed by atoms with E-state index in [4.69, 9.17) is 0 Å². The minimum Gasteiger partial charge on any atom is -0.313 e. The largest absolute Gasteiger partial charge is 0.313 e. The van der Waals surface area contributed by atoms with E-state index in [1.54, 1.807) is 17.9 Å². The van der Waals surface area contributed by atoms with Crippen LogP contribution in [0.15, 0.2) is 12.4 Å². The van der Waals surface area contributed by atoms with E-state index in [9.17, 15) is 4.79 Å². The summed E-state index contributed by atoms with van der Waals surface area (Å²) in [6.07, 6.45) is 4.04. The van der Waals surface area contributed by atoms with Gasteiger partial charge in [0, 0.05) is 19.7 Å². The number of likely N-dealkylation sites (N-methyl/N-ethyl adjacent to an activating group) is 1. The van der Waals surface area contributed by atoms with E-state index >= 15 is 0 Å². The number of nitrogens with zero attached hydrogens (tertiary/aromatic N) is 2. The molecule has 1 aromatic heterocycles. The van der Waals surface area contributed by atoms with Crippen molar-refractivity contribution in [3.63, 3.8) is 0 Å². The minimum atomic E-state index is 0.186. The Morgan fingerprint density at radius 2 is 2.50 bits per heavy atom. The highest BCUT2D eigenvalue weighted by molar-refractivity contribution is 5.82. The van der Waals surface area contributed by atoms with Gasteiger partial charge in [-0.25, -0.2) is 0 Å². The van der Waals surface area contributed by atoms with E-state index in [1.807, 2.05) is 13.2 Å². The highest BCUT2D eigenvalue weighted by atomic mass is 16.1. The number of aromatic nitrogens is 2. The first-order valence-electron chi connectivity index (χ1n) is 3.86. The maximum absolute atomic E-state index is 11.1. The Balaban J connectivity index is 2.46. The van der Waals surface area contributed by atoms with Crippen LogP contribution in [0.4, 0.5) is 0 Å². The van der Waals surface area contributed by atoms with Crippen molar-refractivity contribution in [2.45, 2.75) is 6.42 Å². The van der Waals surface area contributed by atoms with Gasteiger partial charge in [-0.3, -0.25) is 9.48 Å². The molecule has 66 valence electrons. The number of hydrogen-bond acceptors (Lipinski definition) is 3.